The maximum absolute atomic E-state index is 13.7. The van der Waals surface area contributed by atoms with Gasteiger partial charge >= 0.3 is 5.97 Å². The van der Waals surface area contributed by atoms with E-state index in [1.165, 1.54) is 11.0 Å². The zero-order chi connectivity index (χ0) is 26.7. The summed E-state index contributed by atoms with van der Waals surface area (Å²) in [7, 11) is 1.56. The van der Waals surface area contributed by atoms with Gasteiger partial charge in [-0.1, -0.05) is 24.6 Å². The summed E-state index contributed by atoms with van der Waals surface area (Å²) >= 11 is 6.21. The number of methoxy groups -OCH3 is 1. The first-order valence-electron chi connectivity index (χ1n) is 12.0. The van der Waals surface area contributed by atoms with Gasteiger partial charge in [-0.3, -0.25) is 14.5 Å². The Morgan fingerprint density at radius 1 is 1.27 bits per heavy atom. The molecule has 0 spiro atoms. The third-order valence-corrected chi connectivity index (χ3v) is 7.07. The number of amides is 2. The standard InChI is InChI=1S/C27H29ClN4O5/c1-3-16(17-4-6-21(27(35)36)22(29)12-17)13-25(33)32-15-24-30-8-9-31(24)14-19(26(32)34)10-18-11-20(28)5-7-23(18)37-2/h4-9,11-12,16,19H,3,10,13-15,29H2,1-2H3,(H,35,36)/t16-,19?/m0/s1. The molecule has 2 atom stereocenters. The van der Waals surface area contributed by atoms with Crippen LogP contribution in [0.1, 0.15) is 53.0 Å². The van der Waals surface area contributed by atoms with E-state index in [9.17, 15) is 19.5 Å². The number of hydrogen-bond donors (Lipinski definition) is 2. The second-order valence-electron chi connectivity index (χ2n) is 9.13. The lowest BCUT2D eigenvalue weighted by Gasteiger charge is -2.25. The number of benzene rings is 2. The van der Waals surface area contributed by atoms with Crippen molar-refractivity contribution in [1.29, 1.82) is 0 Å². The van der Waals surface area contributed by atoms with E-state index in [1.807, 2.05) is 11.5 Å². The average Bonchev–Trinajstić information content (AvgIpc) is 3.26. The van der Waals surface area contributed by atoms with Crippen LogP contribution < -0.4 is 10.5 Å². The second-order valence-corrected chi connectivity index (χ2v) is 9.57. The molecule has 37 heavy (non-hydrogen) atoms. The van der Waals surface area contributed by atoms with Crippen LogP contribution >= 0.6 is 11.6 Å². The summed E-state index contributed by atoms with van der Waals surface area (Å²) in [6.07, 6.45) is 4.49. The van der Waals surface area contributed by atoms with Gasteiger partial charge in [0.05, 0.1) is 25.1 Å². The number of nitrogens with two attached hydrogens (primary N) is 1. The van der Waals surface area contributed by atoms with E-state index in [-0.39, 0.29) is 41.9 Å². The van der Waals surface area contributed by atoms with Gasteiger partial charge in [0.15, 0.2) is 0 Å². The molecular formula is C27H29ClN4O5. The topological polar surface area (TPSA) is 128 Å². The first-order chi connectivity index (χ1) is 17.7. The molecule has 9 nitrogen and oxygen atoms in total. The number of imidazole rings is 1. The molecule has 3 aromatic rings. The zero-order valence-corrected chi connectivity index (χ0v) is 21.4. The minimum Gasteiger partial charge on any atom is -0.496 e. The average molecular weight is 525 g/mol. The van der Waals surface area contributed by atoms with Crippen LogP contribution in [0.25, 0.3) is 0 Å². The molecule has 0 saturated heterocycles. The van der Waals surface area contributed by atoms with Crippen LogP contribution in [0, 0.1) is 5.92 Å². The molecule has 0 bridgehead atoms. The van der Waals surface area contributed by atoms with Gasteiger partial charge in [0.25, 0.3) is 0 Å². The minimum absolute atomic E-state index is 0.0127. The molecule has 1 aliphatic rings. The van der Waals surface area contributed by atoms with Crippen LogP contribution in [0.4, 0.5) is 5.69 Å². The summed E-state index contributed by atoms with van der Waals surface area (Å²) in [5, 5.41) is 9.80. The quantitative estimate of drug-likeness (QED) is 0.424. The molecule has 10 heteroatoms. The highest BCUT2D eigenvalue weighted by Gasteiger charge is 2.35. The number of carboxylic acid groups (broad SMARTS) is 1. The van der Waals surface area contributed by atoms with E-state index in [0.717, 1.165) is 11.1 Å². The van der Waals surface area contributed by atoms with Crippen molar-refractivity contribution in [2.75, 3.05) is 12.8 Å². The lowest BCUT2D eigenvalue weighted by Crippen LogP contribution is -2.40. The zero-order valence-electron chi connectivity index (χ0n) is 20.7. The summed E-state index contributed by atoms with van der Waals surface area (Å²) in [5.41, 5.74) is 7.62. The van der Waals surface area contributed by atoms with Gasteiger partial charge in [0.2, 0.25) is 11.8 Å². The van der Waals surface area contributed by atoms with Gasteiger partial charge < -0.3 is 20.1 Å². The third kappa shape index (κ3) is 5.61. The fourth-order valence-corrected chi connectivity index (χ4v) is 4.99. The van der Waals surface area contributed by atoms with Crippen molar-refractivity contribution in [1.82, 2.24) is 14.5 Å². The van der Waals surface area contributed by atoms with Crippen molar-refractivity contribution in [2.24, 2.45) is 5.92 Å². The number of carbonyl (C=O) groups is 3. The van der Waals surface area contributed by atoms with Crippen molar-refractivity contribution in [3.63, 3.8) is 0 Å². The Balaban J connectivity index is 1.60. The van der Waals surface area contributed by atoms with Crippen molar-refractivity contribution in [3.8, 4) is 5.75 Å². The van der Waals surface area contributed by atoms with Gasteiger partial charge in [-0.05, 0) is 60.2 Å². The Hall–Kier alpha value is -3.85. The molecular weight excluding hydrogens is 496 g/mol. The summed E-state index contributed by atoms with van der Waals surface area (Å²) in [6.45, 7) is 2.38. The number of halogens is 1. The van der Waals surface area contributed by atoms with Crippen molar-refractivity contribution in [2.45, 2.75) is 45.2 Å². The summed E-state index contributed by atoms with van der Waals surface area (Å²) in [5.74, 6) is -1.23. The smallest absolute Gasteiger partial charge is 0.337 e. The number of carbonyl (C=O) groups excluding carboxylic acids is 2. The minimum atomic E-state index is -1.11. The molecule has 1 unspecified atom stereocenters. The Morgan fingerprint density at radius 3 is 2.73 bits per heavy atom. The Bertz CT molecular complexity index is 1340. The molecule has 1 aromatic heterocycles. The van der Waals surface area contributed by atoms with E-state index >= 15 is 0 Å². The van der Waals surface area contributed by atoms with Crippen LogP contribution in [0.15, 0.2) is 48.8 Å². The van der Waals surface area contributed by atoms with Gasteiger partial charge in [-0.15, -0.1) is 0 Å². The summed E-state index contributed by atoms with van der Waals surface area (Å²) in [4.78, 5) is 44.3. The Morgan fingerprint density at radius 2 is 2.05 bits per heavy atom. The van der Waals surface area contributed by atoms with Crippen molar-refractivity contribution in [3.05, 3.63) is 76.3 Å². The van der Waals surface area contributed by atoms with Gasteiger partial charge in [0, 0.05) is 36.1 Å². The Labute approximate surface area is 219 Å². The molecule has 194 valence electrons. The number of imide groups is 1. The van der Waals surface area contributed by atoms with Gasteiger partial charge in [-0.25, -0.2) is 9.78 Å². The summed E-state index contributed by atoms with van der Waals surface area (Å²) in [6, 6.07) is 9.98. The number of ether oxygens (including phenoxy) is 1. The first-order valence-corrected chi connectivity index (χ1v) is 12.4. The fraction of sp³-hybridized carbons (Fsp3) is 0.333. The predicted octanol–water partition coefficient (Wildman–Crippen LogP) is 4.14. The molecule has 2 amide bonds. The molecule has 0 radical (unpaired) electrons. The molecule has 0 saturated carbocycles. The predicted molar refractivity (Wildman–Crippen MR) is 138 cm³/mol. The largest absolute Gasteiger partial charge is 0.496 e. The third-order valence-electron chi connectivity index (χ3n) is 6.83. The van der Waals surface area contributed by atoms with Crippen LogP contribution in [0.2, 0.25) is 5.02 Å². The van der Waals surface area contributed by atoms with Crippen molar-refractivity contribution < 1.29 is 24.2 Å². The number of aromatic carboxylic acids is 1. The number of anilines is 1. The number of aromatic nitrogens is 2. The lowest BCUT2D eigenvalue weighted by atomic mass is 9.91. The molecule has 0 aliphatic carbocycles. The number of nitrogens with zero attached hydrogens (tertiary/aromatic N) is 3. The number of carboxylic acids is 1. The van der Waals surface area contributed by atoms with E-state index in [4.69, 9.17) is 22.1 Å². The van der Waals surface area contributed by atoms with Crippen LogP contribution in [-0.4, -0.2) is 44.5 Å². The van der Waals surface area contributed by atoms with Gasteiger partial charge in [0.1, 0.15) is 11.6 Å². The van der Waals surface area contributed by atoms with E-state index < -0.39 is 11.9 Å². The number of rotatable bonds is 8. The summed E-state index contributed by atoms with van der Waals surface area (Å²) < 4.78 is 7.37. The van der Waals surface area contributed by atoms with E-state index in [2.05, 4.69) is 4.98 Å². The molecule has 2 aromatic carbocycles. The van der Waals surface area contributed by atoms with Crippen LogP contribution in [-0.2, 0) is 29.1 Å². The van der Waals surface area contributed by atoms with Crippen molar-refractivity contribution >= 4 is 35.1 Å². The highest BCUT2D eigenvalue weighted by molar-refractivity contribution is 6.30. The molecule has 0 fully saturated rings. The molecule has 4 rings (SSSR count). The van der Waals surface area contributed by atoms with Crippen LogP contribution in [0.5, 0.6) is 5.75 Å². The highest BCUT2D eigenvalue weighted by Crippen LogP contribution is 2.31. The molecule has 1 aliphatic heterocycles. The Kier molecular flexibility index (Phi) is 7.83. The first kappa shape index (κ1) is 26.2. The fourth-order valence-electron chi connectivity index (χ4n) is 4.80. The lowest BCUT2D eigenvalue weighted by molar-refractivity contribution is -0.148. The van der Waals surface area contributed by atoms with Crippen LogP contribution in [0.3, 0.4) is 0 Å². The maximum Gasteiger partial charge on any atom is 0.337 e. The number of hydrogen-bond acceptors (Lipinski definition) is 6. The normalized spacial score (nSPS) is 16.1. The molecule has 2 heterocycles. The van der Waals surface area contributed by atoms with E-state index in [0.29, 0.717) is 36.0 Å². The monoisotopic (exact) mass is 524 g/mol. The highest BCUT2D eigenvalue weighted by atomic mass is 35.5. The molecule has 3 N–H and O–H groups in total. The number of nitrogen functional groups attached to an aromatic ring is 1. The number of fused-ring (bicyclic) bond motifs is 1. The maximum atomic E-state index is 13.7. The second kappa shape index (κ2) is 11.0. The van der Waals surface area contributed by atoms with Gasteiger partial charge in [-0.2, -0.15) is 0 Å². The SMILES string of the molecule is CC[C@@H](CC(=O)N1Cc2nccn2CC(Cc2cc(Cl)ccc2OC)C1=O)c1ccc(C(=O)O)c(N)c1. The van der Waals surface area contributed by atoms with E-state index in [1.54, 1.807) is 49.8 Å².